The van der Waals surface area contributed by atoms with Crippen LogP contribution in [0, 0.1) is 29.0 Å². The Bertz CT molecular complexity index is 2540. The summed E-state index contributed by atoms with van der Waals surface area (Å²) < 4.78 is 30.7. The number of carbonyl (C=O) groups is 5. The fraction of sp³-hybridized carbons (Fsp3) is 0.341. The number of likely N-dealkylation sites (tertiary alicyclic amines) is 1. The van der Waals surface area contributed by atoms with Gasteiger partial charge in [0, 0.05) is 75.9 Å². The van der Waals surface area contributed by atoms with Gasteiger partial charge in [0.1, 0.15) is 35.9 Å². The van der Waals surface area contributed by atoms with Gasteiger partial charge in [-0.2, -0.15) is 9.65 Å². The summed E-state index contributed by atoms with van der Waals surface area (Å²) in [4.78, 5) is 85.0. The fourth-order valence-electron chi connectivity index (χ4n) is 8.54. The Hall–Kier alpha value is -6.58. The molecule has 9 rings (SSSR count). The van der Waals surface area contributed by atoms with Crippen LogP contribution < -0.4 is 20.4 Å². The molecule has 19 heteroatoms. The second kappa shape index (κ2) is 15.5. The van der Waals surface area contributed by atoms with Crippen molar-refractivity contribution in [1.29, 1.82) is 5.26 Å². The number of fused-ring (bicyclic) bond motifs is 2. The molecular weight excluding hydrogens is 800 g/mol. The molecule has 306 valence electrons. The zero-order valence-electron chi connectivity index (χ0n) is 32.0. The normalized spacial score (nSPS) is 19.5. The highest BCUT2D eigenvalue weighted by Gasteiger charge is 2.45. The van der Waals surface area contributed by atoms with Crippen molar-refractivity contribution in [3.05, 3.63) is 99.1 Å². The Kier molecular flexibility index (Phi) is 10.1. The van der Waals surface area contributed by atoms with Gasteiger partial charge >= 0.3 is 0 Å². The van der Waals surface area contributed by atoms with Crippen LogP contribution in [-0.2, 0) is 22.6 Å². The van der Waals surface area contributed by atoms with Crippen molar-refractivity contribution in [3.8, 4) is 6.07 Å². The van der Waals surface area contributed by atoms with Crippen molar-refractivity contribution in [2.24, 2.45) is 5.92 Å². The number of hydrogen-bond donors (Lipinski definition) is 2. The number of anilines is 4. The Morgan fingerprint density at radius 3 is 2.42 bits per heavy atom. The van der Waals surface area contributed by atoms with Gasteiger partial charge in [0.05, 0.1) is 45.2 Å². The number of carbonyl (C=O) groups excluding carboxylic acids is 5. The third-order valence-electron chi connectivity index (χ3n) is 11.8. The van der Waals surface area contributed by atoms with Crippen LogP contribution in [0.15, 0.2) is 48.8 Å². The van der Waals surface area contributed by atoms with Crippen LogP contribution >= 0.6 is 11.6 Å². The molecule has 60 heavy (non-hydrogen) atoms. The van der Waals surface area contributed by atoms with Gasteiger partial charge in [-0.25, -0.2) is 19.3 Å². The first-order valence-electron chi connectivity index (χ1n) is 19.5. The molecule has 2 aromatic heterocycles. The number of rotatable bonds is 8. The van der Waals surface area contributed by atoms with Crippen molar-refractivity contribution in [2.45, 2.75) is 31.8 Å². The predicted molar refractivity (Wildman–Crippen MR) is 212 cm³/mol. The number of nitriles is 1. The first kappa shape index (κ1) is 38.9. The lowest BCUT2D eigenvalue weighted by Crippen LogP contribution is -2.56. The molecule has 1 unspecified atom stereocenters. The lowest BCUT2D eigenvalue weighted by Gasteiger charge is -2.44. The maximum absolute atomic E-state index is 15.4. The van der Waals surface area contributed by atoms with Crippen LogP contribution in [0.2, 0.25) is 5.02 Å². The number of nitrogens with zero attached hydrogens (tertiary/aromatic N) is 9. The molecule has 7 heterocycles. The summed E-state index contributed by atoms with van der Waals surface area (Å²) in [6.07, 6.45) is 2.01. The molecule has 5 aliphatic rings. The Morgan fingerprint density at radius 2 is 1.70 bits per heavy atom. The largest absolute Gasteiger partial charge is 0.367 e. The average molecular weight is 836 g/mol. The van der Waals surface area contributed by atoms with Crippen molar-refractivity contribution in [1.82, 2.24) is 35.0 Å². The minimum absolute atomic E-state index is 0.00843. The predicted octanol–water partition coefficient (Wildman–Crippen LogP) is 3.28. The number of piperidine rings is 1. The van der Waals surface area contributed by atoms with E-state index in [9.17, 15) is 29.2 Å². The minimum Gasteiger partial charge on any atom is -0.367 e. The molecule has 4 aromatic rings. The fourth-order valence-corrected chi connectivity index (χ4v) is 8.76. The van der Waals surface area contributed by atoms with Gasteiger partial charge in [0.15, 0.2) is 0 Å². The highest BCUT2D eigenvalue weighted by molar-refractivity contribution is 6.32. The van der Waals surface area contributed by atoms with E-state index in [2.05, 4.69) is 41.5 Å². The summed E-state index contributed by atoms with van der Waals surface area (Å²) in [6.45, 7) is 4.76. The summed E-state index contributed by atoms with van der Waals surface area (Å²) in [7, 11) is 0. The lowest BCUT2D eigenvalue weighted by atomic mass is 9.98. The molecule has 0 radical (unpaired) electrons. The maximum Gasteiger partial charge on any atom is 0.262 e. The molecule has 5 aliphatic heterocycles. The second-order valence-electron chi connectivity index (χ2n) is 15.4. The summed E-state index contributed by atoms with van der Waals surface area (Å²) in [6, 6.07) is 11.6. The number of nitrogens with one attached hydrogen (secondary N) is 2. The number of aromatic nitrogens is 3. The first-order chi connectivity index (χ1) is 28.9. The van der Waals surface area contributed by atoms with Crippen LogP contribution in [0.5, 0.6) is 0 Å². The number of halogens is 3. The van der Waals surface area contributed by atoms with E-state index in [1.165, 1.54) is 18.5 Å². The van der Waals surface area contributed by atoms with Crippen LogP contribution in [0.4, 0.5) is 31.8 Å². The summed E-state index contributed by atoms with van der Waals surface area (Å²) in [5.41, 5.74) is 2.88. The minimum atomic E-state index is -1.14. The summed E-state index contributed by atoms with van der Waals surface area (Å²) in [5.74, 6) is -3.82. The monoisotopic (exact) mass is 835 g/mol. The average Bonchev–Trinajstić information content (AvgIpc) is 3.46. The molecule has 0 saturated carbocycles. The van der Waals surface area contributed by atoms with Gasteiger partial charge < -0.3 is 20.0 Å². The quantitative estimate of drug-likeness (QED) is 0.195. The van der Waals surface area contributed by atoms with E-state index in [4.69, 9.17) is 11.6 Å². The van der Waals surface area contributed by atoms with E-state index < -0.39 is 47.3 Å². The Balaban J connectivity index is 0.763. The number of hydrogen-bond acceptors (Lipinski definition) is 13. The SMILES string of the molecule is N#Cc1ccc(N2CCc3c(ncnc3Nc3ccc(C(=O)N4CC(CN5CCN(c6cc7c(cc6F)C(=O)N(C6CCC(=O)NC6=O)C7=O)CC5)C4)c(F)n3)C2)cc1Cl. The van der Waals surface area contributed by atoms with E-state index in [0.29, 0.717) is 81.7 Å². The van der Waals surface area contributed by atoms with E-state index in [-0.39, 0.29) is 47.0 Å². The summed E-state index contributed by atoms with van der Waals surface area (Å²) >= 11 is 6.26. The molecular formula is C41H36ClF2N11O5. The number of amides is 5. The number of pyridine rings is 1. The molecule has 0 aliphatic carbocycles. The summed E-state index contributed by atoms with van der Waals surface area (Å²) in [5, 5.41) is 14.8. The Morgan fingerprint density at radius 1 is 0.933 bits per heavy atom. The van der Waals surface area contributed by atoms with Crippen molar-refractivity contribution in [3.63, 3.8) is 0 Å². The van der Waals surface area contributed by atoms with Gasteiger partial charge in [-0.05, 0) is 55.3 Å². The van der Waals surface area contributed by atoms with Crippen molar-refractivity contribution in [2.75, 3.05) is 67.5 Å². The molecule has 16 nitrogen and oxygen atoms in total. The maximum atomic E-state index is 15.4. The number of piperazine rings is 1. The lowest BCUT2D eigenvalue weighted by molar-refractivity contribution is -0.136. The highest BCUT2D eigenvalue weighted by Crippen LogP contribution is 2.34. The Labute approximate surface area is 346 Å². The number of imide groups is 2. The van der Waals surface area contributed by atoms with Gasteiger partial charge in [0.2, 0.25) is 17.8 Å². The highest BCUT2D eigenvalue weighted by atomic mass is 35.5. The van der Waals surface area contributed by atoms with Crippen LogP contribution in [0.3, 0.4) is 0 Å². The van der Waals surface area contributed by atoms with E-state index in [1.807, 2.05) is 11.0 Å². The molecule has 3 fully saturated rings. The second-order valence-corrected chi connectivity index (χ2v) is 15.8. The molecule has 1 atom stereocenters. The van der Waals surface area contributed by atoms with Crippen LogP contribution in [0.1, 0.15) is 60.7 Å². The van der Waals surface area contributed by atoms with Crippen molar-refractivity contribution < 1.29 is 32.8 Å². The molecule has 3 saturated heterocycles. The van der Waals surface area contributed by atoms with Crippen molar-refractivity contribution >= 4 is 64.1 Å². The third-order valence-corrected chi connectivity index (χ3v) is 12.1. The van der Waals surface area contributed by atoms with Gasteiger partial charge in [-0.15, -0.1) is 0 Å². The first-order valence-corrected chi connectivity index (χ1v) is 19.9. The van der Waals surface area contributed by atoms with Gasteiger partial charge in [-0.1, -0.05) is 11.6 Å². The van der Waals surface area contributed by atoms with E-state index in [0.717, 1.165) is 27.9 Å². The topological polar surface area (TPSA) is 188 Å². The molecule has 0 bridgehead atoms. The molecule has 2 aromatic carbocycles. The zero-order valence-corrected chi connectivity index (χ0v) is 32.7. The van der Waals surface area contributed by atoms with Crippen LogP contribution in [0.25, 0.3) is 0 Å². The smallest absolute Gasteiger partial charge is 0.262 e. The van der Waals surface area contributed by atoms with Crippen LogP contribution in [-0.4, -0.2) is 118 Å². The van der Waals surface area contributed by atoms with Gasteiger partial charge in [0.25, 0.3) is 17.7 Å². The number of benzene rings is 2. The molecule has 0 spiro atoms. The molecule has 2 N–H and O–H groups in total. The van der Waals surface area contributed by atoms with E-state index in [1.54, 1.807) is 23.1 Å². The zero-order chi connectivity index (χ0) is 41.8. The standard InChI is InChI=1S/C41H36ClF2N11O5/c42-29-13-24(2-1-23(29)16-45)53-8-7-25-31(20-53)46-21-47-37(25)49-34-5-3-26(36(44)48-34)39(58)54-18-22(19-54)17-51-9-11-52(12-10-51)33-15-28-27(14-30(33)43)40(59)55(41(28)60)32-4-6-35(56)50-38(32)57/h1-3,5,13-15,21-22,32H,4,6-12,17-20H2,(H,50,56,57)(H,46,47,48,49). The third kappa shape index (κ3) is 7.13. The van der Waals surface area contributed by atoms with E-state index >= 15 is 8.78 Å². The molecule has 5 amide bonds. The van der Waals surface area contributed by atoms with Gasteiger partial charge in [-0.3, -0.25) is 39.1 Å².